The van der Waals surface area contributed by atoms with Gasteiger partial charge >= 0.3 is 0 Å². The number of piperidine rings is 1. The van der Waals surface area contributed by atoms with E-state index in [0.717, 1.165) is 25.9 Å². The number of likely N-dealkylation sites (tertiary alicyclic amines) is 1. The first-order chi connectivity index (χ1) is 8.08. The molecule has 0 bridgehead atoms. The topological polar surface area (TPSA) is 55.6 Å². The van der Waals surface area contributed by atoms with Crippen molar-refractivity contribution in [2.24, 2.45) is 17.6 Å². The molecule has 3 atom stereocenters. The van der Waals surface area contributed by atoms with Crippen molar-refractivity contribution < 1.29 is 9.53 Å². The Morgan fingerprint density at radius 2 is 2.29 bits per heavy atom. The third-order valence-electron chi connectivity index (χ3n) is 3.80. The minimum absolute atomic E-state index is 0.194. The lowest BCUT2D eigenvalue weighted by atomic mass is 9.95. The van der Waals surface area contributed by atoms with Crippen LogP contribution in [0.25, 0.3) is 0 Å². The first-order valence-electron chi connectivity index (χ1n) is 6.59. The molecule has 0 aromatic heterocycles. The van der Waals surface area contributed by atoms with Gasteiger partial charge in [0.15, 0.2) is 0 Å². The number of rotatable bonds is 5. The Morgan fingerprint density at radius 3 is 2.88 bits per heavy atom. The van der Waals surface area contributed by atoms with Crippen LogP contribution < -0.4 is 5.73 Å². The summed E-state index contributed by atoms with van der Waals surface area (Å²) in [5.74, 6) is 1.23. The maximum Gasteiger partial charge on any atom is 0.222 e. The van der Waals surface area contributed by atoms with Crippen LogP contribution in [0.3, 0.4) is 0 Å². The Kier molecular flexibility index (Phi) is 5.92. The van der Waals surface area contributed by atoms with Crippen molar-refractivity contribution >= 4 is 5.91 Å². The Labute approximate surface area is 104 Å². The van der Waals surface area contributed by atoms with Crippen LogP contribution in [-0.4, -0.2) is 43.7 Å². The number of nitrogens with zero attached hydrogens (tertiary/aromatic N) is 1. The van der Waals surface area contributed by atoms with Crippen LogP contribution in [0.4, 0.5) is 0 Å². The Morgan fingerprint density at radius 1 is 1.59 bits per heavy atom. The molecule has 4 heteroatoms. The van der Waals surface area contributed by atoms with Crippen molar-refractivity contribution in [3.63, 3.8) is 0 Å². The number of hydrogen-bond acceptors (Lipinski definition) is 3. The van der Waals surface area contributed by atoms with Gasteiger partial charge in [0.25, 0.3) is 0 Å². The molecule has 0 aromatic rings. The highest BCUT2D eigenvalue weighted by Crippen LogP contribution is 2.20. The first kappa shape index (κ1) is 14.5. The van der Waals surface area contributed by atoms with Gasteiger partial charge in [-0.1, -0.05) is 13.8 Å². The second-order valence-corrected chi connectivity index (χ2v) is 5.26. The molecule has 1 rings (SSSR count). The fourth-order valence-corrected chi connectivity index (χ4v) is 2.21. The number of amides is 1. The maximum atomic E-state index is 12.0. The molecule has 0 radical (unpaired) electrons. The highest BCUT2D eigenvalue weighted by Gasteiger charge is 2.28. The lowest BCUT2D eigenvalue weighted by Crippen LogP contribution is -2.46. The van der Waals surface area contributed by atoms with Gasteiger partial charge in [0, 0.05) is 26.6 Å². The number of nitrogens with two attached hydrogens (primary N) is 1. The molecule has 17 heavy (non-hydrogen) atoms. The average molecular weight is 242 g/mol. The molecular formula is C13H26N2O2. The van der Waals surface area contributed by atoms with Crippen LogP contribution >= 0.6 is 0 Å². The van der Waals surface area contributed by atoms with E-state index in [1.165, 1.54) is 0 Å². The summed E-state index contributed by atoms with van der Waals surface area (Å²) in [5, 5.41) is 0. The van der Waals surface area contributed by atoms with E-state index in [-0.39, 0.29) is 12.0 Å². The Bertz CT molecular complexity index is 246. The van der Waals surface area contributed by atoms with Gasteiger partial charge in [0.2, 0.25) is 5.91 Å². The van der Waals surface area contributed by atoms with Crippen LogP contribution in [-0.2, 0) is 9.53 Å². The monoisotopic (exact) mass is 242 g/mol. The van der Waals surface area contributed by atoms with Gasteiger partial charge < -0.3 is 15.4 Å². The smallest absolute Gasteiger partial charge is 0.222 e. The van der Waals surface area contributed by atoms with Crippen molar-refractivity contribution in [2.75, 3.05) is 26.7 Å². The quantitative estimate of drug-likeness (QED) is 0.789. The summed E-state index contributed by atoms with van der Waals surface area (Å²) >= 11 is 0. The average Bonchev–Trinajstić information content (AvgIpc) is 2.35. The van der Waals surface area contributed by atoms with E-state index in [4.69, 9.17) is 10.5 Å². The second kappa shape index (κ2) is 6.97. The molecule has 100 valence electrons. The summed E-state index contributed by atoms with van der Waals surface area (Å²) in [6.07, 6.45) is 2.73. The summed E-state index contributed by atoms with van der Waals surface area (Å²) in [4.78, 5) is 14.0. The summed E-state index contributed by atoms with van der Waals surface area (Å²) in [5.41, 5.74) is 5.55. The minimum Gasteiger partial charge on any atom is -0.379 e. The largest absolute Gasteiger partial charge is 0.379 e. The molecule has 1 fully saturated rings. The second-order valence-electron chi connectivity index (χ2n) is 5.26. The fourth-order valence-electron chi connectivity index (χ4n) is 2.21. The van der Waals surface area contributed by atoms with Gasteiger partial charge in [-0.05, 0) is 31.2 Å². The van der Waals surface area contributed by atoms with Crippen LogP contribution in [0, 0.1) is 11.8 Å². The van der Waals surface area contributed by atoms with Crippen LogP contribution in [0.2, 0.25) is 0 Å². The molecule has 2 N–H and O–H groups in total. The highest BCUT2D eigenvalue weighted by atomic mass is 16.5. The zero-order chi connectivity index (χ0) is 12.8. The lowest BCUT2D eigenvalue weighted by molar-refractivity contribution is -0.136. The van der Waals surface area contributed by atoms with E-state index in [0.29, 0.717) is 24.8 Å². The molecule has 0 saturated carbocycles. The van der Waals surface area contributed by atoms with Crippen molar-refractivity contribution in [1.29, 1.82) is 0 Å². The molecule has 1 amide bonds. The number of ether oxygens (including phenoxy) is 1. The zero-order valence-corrected chi connectivity index (χ0v) is 11.3. The summed E-state index contributed by atoms with van der Waals surface area (Å²) in [6.45, 7) is 6.55. The summed E-state index contributed by atoms with van der Waals surface area (Å²) in [7, 11) is 1.73. The predicted octanol–water partition coefficient (Wildman–Crippen LogP) is 1.24. The standard InChI is InChI=1S/C13H26N2O2/c1-10(8-14)4-5-13(16)15-7-6-11(2)12(9-15)17-3/h10-12H,4-9,14H2,1-3H3. The molecule has 1 aliphatic rings. The van der Waals surface area contributed by atoms with Crippen molar-refractivity contribution in [2.45, 2.75) is 39.2 Å². The van der Waals surface area contributed by atoms with E-state index in [1.54, 1.807) is 7.11 Å². The molecule has 3 unspecified atom stereocenters. The van der Waals surface area contributed by atoms with Crippen molar-refractivity contribution in [1.82, 2.24) is 4.90 Å². The lowest BCUT2D eigenvalue weighted by Gasteiger charge is -2.36. The summed E-state index contributed by atoms with van der Waals surface area (Å²) in [6, 6.07) is 0. The molecular weight excluding hydrogens is 216 g/mol. The third kappa shape index (κ3) is 4.28. The van der Waals surface area contributed by atoms with Crippen LogP contribution in [0.5, 0.6) is 0 Å². The zero-order valence-electron chi connectivity index (χ0n) is 11.3. The van der Waals surface area contributed by atoms with E-state index < -0.39 is 0 Å². The molecule has 0 spiro atoms. The molecule has 1 heterocycles. The van der Waals surface area contributed by atoms with E-state index in [1.807, 2.05) is 4.90 Å². The number of carbonyl (C=O) groups is 1. The normalized spacial score (nSPS) is 26.9. The predicted molar refractivity (Wildman–Crippen MR) is 68.6 cm³/mol. The van der Waals surface area contributed by atoms with Gasteiger partial charge in [-0.25, -0.2) is 0 Å². The van der Waals surface area contributed by atoms with Crippen LogP contribution in [0.1, 0.15) is 33.1 Å². The SMILES string of the molecule is COC1CN(C(=O)CCC(C)CN)CCC1C. The van der Waals surface area contributed by atoms with Gasteiger partial charge in [-0.3, -0.25) is 4.79 Å². The summed E-state index contributed by atoms with van der Waals surface area (Å²) < 4.78 is 5.42. The van der Waals surface area contributed by atoms with Gasteiger partial charge in [0.05, 0.1) is 6.10 Å². The molecule has 4 nitrogen and oxygen atoms in total. The van der Waals surface area contributed by atoms with Crippen molar-refractivity contribution in [3.8, 4) is 0 Å². The Hall–Kier alpha value is -0.610. The number of methoxy groups -OCH3 is 1. The fraction of sp³-hybridized carbons (Fsp3) is 0.923. The molecule has 1 saturated heterocycles. The van der Waals surface area contributed by atoms with Crippen LogP contribution in [0.15, 0.2) is 0 Å². The van der Waals surface area contributed by atoms with Gasteiger partial charge in [-0.2, -0.15) is 0 Å². The van der Waals surface area contributed by atoms with Gasteiger partial charge in [-0.15, -0.1) is 0 Å². The van der Waals surface area contributed by atoms with Crippen molar-refractivity contribution in [3.05, 3.63) is 0 Å². The Balaban J connectivity index is 2.37. The minimum atomic E-state index is 0.194. The highest BCUT2D eigenvalue weighted by molar-refractivity contribution is 5.76. The maximum absolute atomic E-state index is 12.0. The van der Waals surface area contributed by atoms with E-state index in [2.05, 4.69) is 13.8 Å². The van der Waals surface area contributed by atoms with Gasteiger partial charge in [0.1, 0.15) is 0 Å². The molecule has 0 aliphatic carbocycles. The molecule has 0 aromatic carbocycles. The number of hydrogen-bond donors (Lipinski definition) is 1. The first-order valence-corrected chi connectivity index (χ1v) is 6.59. The van der Waals surface area contributed by atoms with E-state index >= 15 is 0 Å². The molecule has 1 aliphatic heterocycles. The third-order valence-corrected chi connectivity index (χ3v) is 3.80. The number of carbonyl (C=O) groups excluding carboxylic acids is 1. The van der Waals surface area contributed by atoms with E-state index in [9.17, 15) is 4.79 Å².